The van der Waals surface area contributed by atoms with E-state index in [1.165, 1.54) is 12.1 Å². The van der Waals surface area contributed by atoms with Crippen LogP contribution in [0.2, 0.25) is 0 Å². The molecule has 0 aliphatic carbocycles. The van der Waals surface area contributed by atoms with E-state index in [-0.39, 0.29) is 11.7 Å². The van der Waals surface area contributed by atoms with Crippen LogP contribution < -0.4 is 5.43 Å². The van der Waals surface area contributed by atoms with Gasteiger partial charge in [-0.2, -0.15) is 0 Å². The number of carbonyl (C=O) groups is 1. The van der Waals surface area contributed by atoms with Gasteiger partial charge in [0, 0.05) is 5.56 Å². The first-order chi connectivity index (χ1) is 6.74. The topological polar surface area (TPSA) is 32.1 Å². The van der Waals surface area contributed by atoms with Crippen molar-refractivity contribution >= 4 is 12.1 Å². The number of benzene rings is 1. The number of hydrazone groups is 1. The zero-order valence-electron chi connectivity index (χ0n) is 7.53. The Morgan fingerprint density at radius 2 is 2.07 bits per heavy atom. The third-order valence-corrected chi connectivity index (χ3v) is 2.02. The van der Waals surface area contributed by atoms with Crippen LogP contribution in [0.4, 0.5) is 4.39 Å². The van der Waals surface area contributed by atoms with Crippen LogP contribution in [0, 0.1) is 5.82 Å². The number of nitrogens with zero attached hydrogens (tertiary/aromatic N) is 1. The maximum atomic E-state index is 12.6. The van der Waals surface area contributed by atoms with Gasteiger partial charge in [-0.15, -0.1) is 10.1 Å². The van der Waals surface area contributed by atoms with Crippen LogP contribution in [-0.4, -0.2) is 23.4 Å². The Bertz CT molecular complexity index is 384. The maximum absolute atomic E-state index is 12.6. The summed E-state index contributed by atoms with van der Waals surface area (Å²) in [5.74, 6) is -0.240. The van der Waals surface area contributed by atoms with Gasteiger partial charge >= 0.3 is 0 Å². The second kappa shape index (κ2) is 3.57. The number of amides is 1. The van der Waals surface area contributed by atoms with Crippen LogP contribution in [-0.2, 0) is 4.79 Å². The van der Waals surface area contributed by atoms with Crippen molar-refractivity contribution in [3.05, 3.63) is 35.6 Å². The van der Waals surface area contributed by atoms with Gasteiger partial charge in [-0.3, -0.25) is 4.79 Å². The third-order valence-electron chi connectivity index (χ3n) is 2.02. The highest BCUT2D eigenvalue weighted by Gasteiger charge is 2.20. The van der Waals surface area contributed by atoms with E-state index in [0.717, 1.165) is 5.56 Å². The average Bonchev–Trinajstić information content (AvgIpc) is 2.56. The lowest BCUT2D eigenvalue weighted by atomic mass is 10.2. The van der Waals surface area contributed by atoms with Crippen molar-refractivity contribution in [1.29, 1.82) is 0 Å². The van der Waals surface area contributed by atoms with Gasteiger partial charge in [0.25, 0.3) is 5.91 Å². The van der Waals surface area contributed by atoms with Gasteiger partial charge < -0.3 is 0 Å². The van der Waals surface area contributed by atoms with Gasteiger partial charge in [0.15, 0.2) is 6.54 Å². The normalized spacial score (nSPS) is 18.6. The minimum atomic E-state index is -0.257. The standard InChI is InChI=1S/C10H9FN2O/c11-9-3-1-8(2-4-9)7-13-6-5-10(14)12-13/h1-4,7H,5-6H2/p+1/b13-7+. The summed E-state index contributed by atoms with van der Waals surface area (Å²) in [6.45, 7) is 0.663. The van der Waals surface area contributed by atoms with E-state index in [2.05, 4.69) is 5.43 Å². The predicted octanol–water partition coefficient (Wildman–Crippen LogP) is 0.692. The van der Waals surface area contributed by atoms with E-state index >= 15 is 0 Å². The molecule has 0 unspecified atom stereocenters. The molecule has 0 spiro atoms. The Morgan fingerprint density at radius 1 is 1.36 bits per heavy atom. The Hall–Kier alpha value is -1.71. The van der Waals surface area contributed by atoms with E-state index < -0.39 is 0 Å². The zero-order chi connectivity index (χ0) is 9.97. The van der Waals surface area contributed by atoms with E-state index in [1.807, 2.05) is 0 Å². The highest BCUT2D eigenvalue weighted by Crippen LogP contribution is 2.00. The predicted molar refractivity (Wildman–Crippen MR) is 49.5 cm³/mol. The van der Waals surface area contributed by atoms with Gasteiger partial charge in [-0.05, 0) is 24.3 Å². The minimum Gasteiger partial charge on any atom is -0.269 e. The fraction of sp³-hybridized carbons (Fsp3) is 0.200. The summed E-state index contributed by atoms with van der Waals surface area (Å²) in [5.41, 5.74) is 3.53. The van der Waals surface area contributed by atoms with Crippen LogP contribution in [0.15, 0.2) is 24.3 Å². The summed E-state index contributed by atoms with van der Waals surface area (Å²) >= 11 is 0. The molecule has 1 aliphatic heterocycles. The van der Waals surface area contributed by atoms with Gasteiger partial charge in [0.2, 0.25) is 6.21 Å². The van der Waals surface area contributed by atoms with Gasteiger partial charge in [-0.1, -0.05) is 0 Å². The molecule has 72 valence electrons. The highest BCUT2D eigenvalue weighted by molar-refractivity contribution is 5.79. The number of halogens is 1. The van der Waals surface area contributed by atoms with Crippen LogP contribution >= 0.6 is 0 Å². The molecule has 0 saturated carbocycles. The molecule has 0 aromatic heterocycles. The number of carbonyl (C=O) groups excluding carboxylic acids is 1. The highest BCUT2D eigenvalue weighted by atomic mass is 19.1. The quantitative estimate of drug-likeness (QED) is 0.654. The number of hydrazine groups is 1. The molecule has 3 nitrogen and oxygen atoms in total. The lowest BCUT2D eigenvalue weighted by Gasteiger charge is -1.92. The SMILES string of the molecule is O=C1CC/[N+](=C\c2ccc(F)cc2)N1. The van der Waals surface area contributed by atoms with Crippen molar-refractivity contribution in [2.45, 2.75) is 6.42 Å². The van der Waals surface area contributed by atoms with Crippen molar-refractivity contribution in [1.82, 2.24) is 5.43 Å². The minimum absolute atomic E-state index is 0.0170. The largest absolute Gasteiger partial charge is 0.280 e. The van der Waals surface area contributed by atoms with Gasteiger partial charge in [0.05, 0.1) is 6.42 Å². The molecule has 0 radical (unpaired) electrons. The molecule has 1 aromatic rings. The Morgan fingerprint density at radius 3 is 2.64 bits per heavy atom. The molecular formula is C10H10FN2O+. The lowest BCUT2D eigenvalue weighted by Crippen LogP contribution is -2.25. The summed E-state index contributed by atoms with van der Waals surface area (Å²) < 4.78 is 14.3. The summed E-state index contributed by atoms with van der Waals surface area (Å²) in [6.07, 6.45) is 2.29. The molecule has 1 amide bonds. The summed E-state index contributed by atoms with van der Waals surface area (Å²) in [7, 11) is 0. The van der Waals surface area contributed by atoms with Crippen molar-refractivity contribution in [2.24, 2.45) is 0 Å². The van der Waals surface area contributed by atoms with Crippen LogP contribution in [0.5, 0.6) is 0 Å². The Kier molecular flexibility index (Phi) is 2.26. The molecule has 0 atom stereocenters. The Labute approximate surface area is 80.8 Å². The molecule has 14 heavy (non-hydrogen) atoms. The summed E-state index contributed by atoms with van der Waals surface area (Å²) in [5, 5.41) is 0. The van der Waals surface area contributed by atoms with E-state index in [4.69, 9.17) is 0 Å². The van der Waals surface area contributed by atoms with Crippen molar-refractivity contribution < 1.29 is 13.9 Å². The second-order valence-electron chi connectivity index (χ2n) is 3.16. The number of rotatable bonds is 1. The van der Waals surface area contributed by atoms with Gasteiger partial charge in [-0.25, -0.2) is 4.39 Å². The van der Waals surface area contributed by atoms with Crippen molar-refractivity contribution in [3.8, 4) is 0 Å². The van der Waals surface area contributed by atoms with Crippen LogP contribution in [0.25, 0.3) is 0 Å². The summed E-state index contributed by atoms with van der Waals surface area (Å²) in [6, 6.07) is 6.12. The number of hydrogen-bond donors (Lipinski definition) is 1. The monoisotopic (exact) mass is 193 g/mol. The van der Waals surface area contributed by atoms with E-state index in [0.29, 0.717) is 13.0 Å². The first kappa shape index (κ1) is 8.87. The smallest absolute Gasteiger partial charge is 0.269 e. The third kappa shape index (κ3) is 1.96. The summed E-state index contributed by atoms with van der Waals surface area (Å²) in [4.78, 5) is 10.9. The molecule has 1 aromatic carbocycles. The molecule has 0 bridgehead atoms. The fourth-order valence-electron chi connectivity index (χ4n) is 1.32. The first-order valence-electron chi connectivity index (χ1n) is 4.40. The first-order valence-corrected chi connectivity index (χ1v) is 4.40. The Balaban J connectivity index is 2.17. The van der Waals surface area contributed by atoms with E-state index in [9.17, 15) is 9.18 Å². The second-order valence-corrected chi connectivity index (χ2v) is 3.16. The van der Waals surface area contributed by atoms with E-state index in [1.54, 1.807) is 23.0 Å². The molecule has 1 N–H and O–H groups in total. The maximum Gasteiger partial charge on any atom is 0.280 e. The zero-order valence-corrected chi connectivity index (χ0v) is 7.53. The van der Waals surface area contributed by atoms with Crippen molar-refractivity contribution in [2.75, 3.05) is 6.54 Å². The molecule has 2 rings (SSSR count). The molecule has 1 heterocycles. The molecule has 4 heteroatoms. The number of nitrogens with one attached hydrogen (secondary N) is 1. The molecule has 1 aliphatic rings. The molecular weight excluding hydrogens is 183 g/mol. The van der Waals surface area contributed by atoms with Gasteiger partial charge in [0.1, 0.15) is 5.82 Å². The molecule has 1 saturated heterocycles. The fourth-order valence-corrected chi connectivity index (χ4v) is 1.32. The van der Waals surface area contributed by atoms with Crippen molar-refractivity contribution in [3.63, 3.8) is 0 Å². The number of hydrogen-bond acceptors (Lipinski definition) is 1. The molecule has 1 fully saturated rings. The van der Waals surface area contributed by atoms with Crippen LogP contribution in [0.1, 0.15) is 12.0 Å². The lowest BCUT2D eigenvalue weighted by molar-refractivity contribution is -0.553. The average molecular weight is 193 g/mol. The van der Waals surface area contributed by atoms with Crippen LogP contribution in [0.3, 0.4) is 0 Å².